The largest absolute Gasteiger partial charge is 0.467 e. The second kappa shape index (κ2) is 7.53. The van der Waals surface area contributed by atoms with Gasteiger partial charge in [-0.15, -0.1) is 11.6 Å². The summed E-state index contributed by atoms with van der Waals surface area (Å²) >= 11 is 11.7. The molecule has 0 fully saturated rings. The molecule has 1 aromatic rings. The van der Waals surface area contributed by atoms with E-state index in [1.807, 2.05) is 0 Å². The van der Waals surface area contributed by atoms with Crippen molar-refractivity contribution in [3.63, 3.8) is 0 Å². The predicted octanol–water partition coefficient (Wildman–Crippen LogP) is 2.19. The van der Waals surface area contributed by atoms with E-state index in [4.69, 9.17) is 32.7 Å². The summed E-state index contributed by atoms with van der Waals surface area (Å²) in [6.07, 6.45) is 2.23. The first-order valence-corrected chi connectivity index (χ1v) is 6.00. The second-order valence-corrected chi connectivity index (χ2v) is 4.11. The number of nitrogens with one attached hydrogen (secondary N) is 1. The Morgan fingerprint density at radius 1 is 1.47 bits per heavy atom. The van der Waals surface area contributed by atoms with Crippen molar-refractivity contribution >= 4 is 29.0 Å². The van der Waals surface area contributed by atoms with E-state index in [9.17, 15) is 0 Å². The molecule has 1 atom stereocenters. The molecule has 1 heterocycles. The van der Waals surface area contributed by atoms with E-state index < -0.39 is 0 Å². The number of methoxy groups -OCH3 is 2. The Balaban J connectivity index is 2.76. The molecule has 0 amide bonds. The van der Waals surface area contributed by atoms with Crippen LogP contribution in [0.25, 0.3) is 0 Å². The Morgan fingerprint density at radius 2 is 2.24 bits per heavy atom. The molecular formula is C10H15Cl2N3O2. The minimum absolute atomic E-state index is 0.0506. The average molecular weight is 280 g/mol. The third kappa shape index (κ3) is 4.53. The summed E-state index contributed by atoms with van der Waals surface area (Å²) in [5.41, 5.74) is 0. The van der Waals surface area contributed by atoms with Crippen LogP contribution in [0.5, 0.6) is 6.01 Å². The van der Waals surface area contributed by atoms with E-state index in [-0.39, 0.29) is 12.1 Å². The molecule has 1 aromatic heterocycles. The van der Waals surface area contributed by atoms with Gasteiger partial charge in [0.25, 0.3) is 0 Å². The van der Waals surface area contributed by atoms with Gasteiger partial charge < -0.3 is 14.8 Å². The molecule has 0 saturated heterocycles. The topological polar surface area (TPSA) is 56.3 Å². The number of aromatic nitrogens is 2. The van der Waals surface area contributed by atoms with Crippen molar-refractivity contribution in [3.05, 3.63) is 11.2 Å². The number of halogens is 2. The molecule has 1 unspecified atom stereocenters. The first-order chi connectivity index (χ1) is 8.21. The molecule has 0 aliphatic heterocycles. The third-order valence-electron chi connectivity index (χ3n) is 2.07. The van der Waals surface area contributed by atoms with Crippen molar-refractivity contribution in [2.24, 2.45) is 0 Å². The van der Waals surface area contributed by atoms with Crippen LogP contribution in [-0.4, -0.2) is 42.7 Å². The fourth-order valence-corrected chi connectivity index (χ4v) is 1.68. The van der Waals surface area contributed by atoms with Crippen molar-refractivity contribution in [3.8, 4) is 6.01 Å². The normalized spacial score (nSPS) is 12.2. The lowest BCUT2D eigenvalue weighted by Gasteiger charge is -2.18. The third-order valence-corrected chi connectivity index (χ3v) is 2.57. The molecule has 0 aromatic carbocycles. The fourth-order valence-electron chi connectivity index (χ4n) is 1.27. The van der Waals surface area contributed by atoms with Crippen LogP contribution in [0.1, 0.15) is 6.42 Å². The van der Waals surface area contributed by atoms with Gasteiger partial charge in [0.2, 0.25) is 0 Å². The zero-order valence-corrected chi connectivity index (χ0v) is 11.3. The maximum atomic E-state index is 5.98. The molecule has 1 rings (SSSR count). The molecule has 0 bridgehead atoms. The van der Waals surface area contributed by atoms with Crippen LogP contribution < -0.4 is 10.1 Å². The summed E-state index contributed by atoms with van der Waals surface area (Å²) in [4.78, 5) is 8.01. The Labute approximate surface area is 110 Å². The highest BCUT2D eigenvalue weighted by atomic mass is 35.5. The van der Waals surface area contributed by atoms with Crippen LogP contribution >= 0.6 is 23.2 Å². The minimum Gasteiger partial charge on any atom is -0.467 e. The number of hydrogen-bond donors (Lipinski definition) is 1. The summed E-state index contributed by atoms with van der Waals surface area (Å²) in [6.45, 7) is 0.523. The van der Waals surface area contributed by atoms with Gasteiger partial charge >= 0.3 is 6.01 Å². The molecule has 0 saturated carbocycles. The van der Waals surface area contributed by atoms with Crippen molar-refractivity contribution in [1.29, 1.82) is 0 Å². The zero-order valence-electron chi connectivity index (χ0n) is 9.74. The number of anilines is 1. The lowest BCUT2D eigenvalue weighted by Crippen LogP contribution is -2.26. The number of rotatable bonds is 7. The van der Waals surface area contributed by atoms with Gasteiger partial charge in [-0.3, -0.25) is 0 Å². The highest BCUT2D eigenvalue weighted by Gasteiger charge is 2.12. The molecule has 7 heteroatoms. The van der Waals surface area contributed by atoms with Crippen molar-refractivity contribution < 1.29 is 9.47 Å². The van der Waals surface area contributed by atoms with Crippen molar-refractivity contribution in [1.82, 2.24) is 9.97 Å². The van der Waals surface area contributed by atoms with Gasteiger partial charge in [-0.25, -0.2) is 4.98 Å². The monoisotopic (exact) mass is 279 g/mol. The molecular weight excluding hydrogens is 265 g/mol. The molecule has 0 radical (unpaired) electrons. The number of nitrogens with zero attached hydrogens (tertiary/aromatic N) is 2. The molecule has 1 N–H and O–H groups in total. The predicted molar refractivity (Wildman–Crippen MR) is 68.2 cm³/mol. The molecule has 0 aliphatic carbocycles. The second-order valence-electron chi connectivity index (χ2n) is 3.33. The number of hydrogen-bond acceptors (Lipinski definition) is 5. The van der Waals surface area contributed by atoms with Gasteiger partial charge in [0.15, 0.2) is 5.82 Å². The van der Waals surface area contributed by atoms with Crippen LogP contribution in [0.3, 0.4) is 0 Å². The van der Waals surface area contributed by atoms with Gasteiger partial charge in [-0.2, -0.15) is 4.98 Å². The lowest BCUT2D eigenvalue weighted by molar-refractivity contribution is 0.184. The van der Waals surface area contributed by atoms with E-state index in [2.05, 4.69) is 15.3 Å². The summed E-state index contributed by atoms with van der Waals surface area (Å²) in [5.74, 6) is 1.05. The SMILES string of the molecule is COCC(CCCl)Nc1nc(OC)ncc1Cl. The number of ether oxygens (including phenoxy) is 2. The van der Waals surface area contributed by atoms with Gasteiger partial charge in [0.1, 0.15) is 5.02 Å². The summed E-state index contributed by atoms with van der Waals surface area (Å²) in [5, 5.41) is 3.58. The summed E-state index contributed by atoms with van der Waals surface area (Å²) < 4.78 is 10.0. The van der Waals surface area contributed by atoms with E-state index >= 15 is 0 Å². The quantitative estimate of drug-likeness (QED) is 0.776. The zero-order chi connectivity index (χ0) is 12.7. The first kappa shape index (κ1) is 14.3. The van der Waals surface area contributed by atoms with E-state index in [1.165, 1.54) is 13.3 Å². The van der Waals surface area contributed by atoms with Crippen molar-refractivity contribution in [2.75, 3.05) is 32.0 Å². The fraction of sp³-hybridized carbons (Fsp3) is 0.600. The maximum Gasteiger partial charge on any atom is 0.318 e. The smallest absolute Gasteiger partial charge is 0.318 e. The van der Waals surface area contributed by atoms with Crippen LogP contribution in [0, 0.1) is 0 Å². The molecule has 96 valence electrons. The Kier molecular flexibility index (Phi) is 6.32. The lowest BCUT2D eigenvalue weighted by atomic mass is 10.2. The first-order valence-electron chi connectivity index (χ1n) is 5.09. The molecule has 0 aliphatic rings. The Bertz CT molecular complexity index is 346. The van der Waals surface area contributed by atoms with Crippen LogP contribution in [0.15, 0.2) is 6.20 Å². The molecule has 0 spiro atoms. The molecule has 17 heavy (non-hydrogen) atoms. The van der Waals surface area contributed by atoms with Gasteiger partial charge in [-0.05, 0) is 6.42 Å². The van der Waals surface area contributed by atoms with Gasteiger partial charge in [0.05, 0.1) is 26.0 Å². The van der Waals surface area contributed by atoms with Crippen LogP contribution in [0.4, 0.5) is 5.82 Å². The van der Waals surface area contributed by atoms with Crippen LogP contribution in [0.2, 0.25) is 5.02 Å². The number of alkyl halides is 1. The summed E-state index contributed by atoms with van der Waals surface area (Å²) in [7, 11) is 3.13. The highest BCUT2D eigenvalue weighted by molar-refractivity contribution is 6.32. The van der Waals surface area contributed by atoms with Crippen molar-refractivity contribution in [2.45, 2.75) is 12.5 Å². The Hall–Kier alpha value is -0.780. The van der Waals surface area contributed by atoms with E-state index in [0.717, 1.165) is 6.42 Å². The van der Waals surface area contributed by atoms with E-state index in [1.54, 1.807) is 7.11 Å². The van der Waals surface area contributed by atoms with Gasteiger partial charge in [-0.1, -0.05) is 11.6 Å². The minimum atomic E-state index is 0.0506. The van der Waals surface area contributed by atoms with Crippen LogP contribution in [-0.2, 0) is 4.74 Å². The molecule has 5 nitrogen and oxygen atoms in total. The summed E-state index contributed by atoms with van der Waals surface area (Å²) in [6, 6.07) is 0.313. The standard InChI is InChI=1S/C10H15Cl2N3O2/c1-16-6-7(3-4-11)14-9-8(12)5-13-10(15-9)17-2/h5,7H,3-4,6H2,1-2H3,(H,13,14,15). The Morgan fingerprint density at radius 3 is 2.82 bits per heavy atom. The highest BCUT2D eigenvalue weighted by Crippen LogP contribution is 2.21. The van der Waals surface area contributed by atoms with E-state index in [0.29, 0.717) is 23.3 Å². The average Bonchev–Trinajstić information content (AvgIpc) is 2.32. The van der Waals surface area contributed by atoms with Gasteiger partial charge in [0, 0.05) is 13.0 Å². The maximum absolute atomic E-state index is 5.98.